The summed E-state index contributed by atoms with van der Waals surface area (Å²) in [5, 5.41) is 3.43. The summed E-state index contributed by atoms with van der Waals surface area (Å²) in [7, 11) is -3.28. The Labute approximate surface area is 122 Å². The van der Waals surface area contributed by atoms with Crippen LogP contribution in [0.25, 0.3) is 0 Å². The standard InChI is InChI=1S/C14H27N3O2S/c1-11-3-2-6-17(10-11)20(18,19)16-14-5-4-12-8-15-9-13(12)7-14/h11-16H,2-10H2,1H3/t11?,12-,13+,14?/m0/s1. The topological polar surface area (TPSA) is 61.4 Å². The van der Waals surface area contributed by atoms with Gasteiger partial charge in [0.15, 0.2) is 0 Å². The monoisotopic (exact) mass is 301 g/mol. The maximum Gasteiger partial charge on any atom is 0.279 e. The van der Waals surface area contributed by atoms with E-state index >= 15 is 0 Å². The van der Waals surface area contributed by atoms with Crippen LogP contribution < -0.4 is 10.0 Å². The SMILES string of the molecule is CC1CCCN(S(=O)(=O)NC2CC[C@H]3CNC[C@H]3C2)C1. The van der Waals surface area contributed by atoms with Gasteiger partial charge in [0.25, 0.3) is 10.2 Å². The van der Waals surface area contributed by atoms with E-state index in [-0.39, 0.29) is 6.04 Å². The fourth-order valence-corrected chi connectivity index (χ4v) is 5.66. The van der Waals surface area contributed by atoms with Crippen molar-refractivity contribution < 1.29 is 8.42 Å². The van der Waals surface area contributed by atoms with Crippen LogP contribution in [-0.4, -0.2) is 44.9 Å². The molecule has 0 spiro atoms. The highest BCUT2D eigenvalue weighted by Crippen LogP contribution is 2.33. The molecular weight excluding hydrogens is 274 g/mol. The summed E-state index contributed by atoms with van der Waals surface area (Å²) in [6.07, 6.45) is 5.28. The highest BCUT2D eigenvalue weighted by molar-refractivity contribution is 7.87. The van der Waals surface area contributed by atoms with Gasteiger partial charge in [-0.3, -0.25) is 0 Å². The summed E-state index contributed by atoms with van der Waals surface area (Å²) in [6.45, 7) is 5.67. The molecule has 0 radical (unpaired) electrons. The zero-order valence-electron chi connectivity index (χ0n) is 12.3. The summed E-state index contributed by atoms with van der Waals surface area (Å²) in [5.74, 6) is 1.91. The van der Waals surface area contributed by atoms with Crippen LogP contribution in [-0.2, 0) is 10.2 Å². The Morgan fingerprint density at radius 1 is 1.15 bits per heavy atom. The number of hydrogen-bond donors (Lipinski definition) is 2. The molecule has 1 aliphatic carbocycles. The Kier molecular flexibility index (Phi) is 4.36. The molecule has 2 aliphatic heterocycles. The minimum absolute atomic E-state index is 0.137. The normalized spacial score (nSPS) is 39.6. The molecule has 4 atom stereocenters. The molecule has 2 saturated heterocycles. The quantitative estimate of drug-likeness (QED) is 0.815. The molecule has 2 unspecified atom stereocenters. The van der Waals surface area contributed by atoms with E-state index in [1.165, 1.54) is 0 Å². The first-order valence-electron chi connectivity index (χ1n) is 8.02. The maximum absolute atomic E-state index is 12.5. The third-order valence-electron chi connectivity index (χ3n) is 5.23. The lowest BCUT2D eigenvalue weighted by Crippen LogP contribution is -2.50. The molecule has 0 bridgehead atoms. The molecule has 3 rings (SSSR count). The molecule has 0 amide bonds. The van der Waals surface area contributed by atoms with Gasteiger partial charge in [0.1, 0.15) is 0 Å². The van der Waals surface area contributed by atoms with Crippen LogP contribution in [0.15, 0.2) is 0 Å². The van der Waals surface area contributed by atoms with Gasteiger partial charge in [-0.15, -0.1) is 0 Å². The number of rotatable bonds is 3. The van der Waals surface area contributed by atoms with Gasteiger partial charge >= 0.3 is 0 Å². The van der Waals surface area contributed by atoms with Crippen LogP contribution in [0, 0.1) is 17.8 Å². The van der Waals surface area contributed by atoms with Crippen LogP contribution in [0.1, 0.15) is 39.0 Å². The summed E-state index contributed by atoms with van der Waals surface area (Å²) in [4.78, 5) is 0. The van der Waals surface area contributed by atoms with E-state index in [4.69, 9.17) is 0 Å². The highest BCUT2D eigenvalue weighted by atomic mass is 32.2. The Bertz CT molecular complexity index is 440. The van der Waals surface area contributed by atoms with Crippen LogP contribution in [0.3, 0.4) is 0 Å². The zero-order chi connectivity index (χ0) is 14.2. The van der Waals surface area contributed by atoms with Crippen molar-refractivity contribution in [3.05, 3.63) is 0 Å². The van der Waals surface area contributed by atoms with Crippen LogP contribution >= 0.6 is 0 Å². The lowest BCUT2D eigenvalue weighted by Gasteiger charge is -2.35. The van der Waals surface area contributed by atoms with Crippen molar-refractivity contribution in [2.45, 2.75) is 45.1 Å². The van der Waals surface area contributed by atoms with Crippen molar-refractivity contribution in [3.8, 4) is 0 Å². The summed E-state index contributed by atoms with van der Waals surface area (Å²) < 4.78 is 29.6. The minimum Gasteiger partial charge on any atom is -0.316 e. The number of fused-ring (bicyclic) bond motifs is 1. The van der Waals surface area contributed by atoms with Gasteiger partial charge < -0.3 is 5.32 Å². The lowest BCUT2D eigenvalue weighted by atomic mass is 9.79. The van der Waals surface area contributed by atoms with Gasteiger partial charge in [-0.05, 0) is 62.9 Å². The Balaban J connectivity index is 1.58. The van der Waals surface area contributed by atoms with E-state index in [2.05, 4.69) is 17.0 Å². The van der Waals surface area contributed by atoms with E-state index in [0.29, 0.717) is 24.9 Å². The average Bonchev–Trinajstić information content (AvgIpc) is 2.85. The van der Waals surface area contributed by atoms with E-state index < -0.39 is 10.2 Å². The fraction of sp³-hybridized carbons (Fsp3) is 1.00. The fourth-order valence-electron chi connectivity index (χ4n) is 4.06. The van der Waals surface area contributed by atoms with Crippen molar-refractivity contribution in [1.29, 1.82) is 0 Å². The first-order valence-corrected chi connectivity index (χ1v) is 9.47. The minimum atomic E-state index is -3.28. The molecule has 0 aromatic heterocycles. The van der Waals surface area contributed by atoms with Gasteiger partial charge in [-0.2, -0.15) is 17.4 Å². The molecule has 6 heteroatoms. The Hall–Kier alpha value is -0.170. The van der Waals surface area contributed by atoms with E-state index in [1.807, 2.05) is 0 Å². The van der Waals surface area contributed by atoms with Gasteiger partial charge in [0.2, 0.25) is 0 Å². The van der Waals surface area contributed by atoms with Crippen LogP contribution in [0.5, 0.6) is 0 Å². The molecule has 1 saturated carbocycles. The molecule has 20 heavy (non-hydrogen) atoms. The molecule has 3 aliphatic rings. The van der Waals surface area contributed by atoms with Gasteiger partial charge in [0.05, 0.1) is 0 Å². The second kappa shape index (κ2) is 5.91. The molecule has 5 nitrogen and oxygen atoms in total. The number of nitrogens with one attached hydrogen (secondary N) is 2. The third-order valence-corrected chi connectivity index (χ3v) is 6.87. The predicted octanol–water partition coefficient (Wildman–Crippen LogP) is 0.941. The largest absolute Gasteiger partial charge is 0.316 e. The number of hydrogen-bond acceptors (Lipinski definition) is 3. The molecule has 2 heterocycles. The lowest BCUT2D eigenvalue weighted by molar-refractivity contribution is 0.247. The third kappa shape index (κ3) is 3.18. The van der Waals surface area contributed by atoms with Gasteiger partial charge in [-0.25, -0.2) is 0 Å². The second-order valence-corrected chi connectivity index (χ2v) is 8.62. The van der Waals surface area contributed by atoms with Crippen LogP contribution in [0.2, 0.25) is 0 Å². The van der Waals surface area contributed by atoms with Crippen LogP contribution in [0.4, 0.5) is 0 Å². The molecular formula is C14H27N3O2S. The van der Waals surface area contributed by atoms with Crippen molar-refractivity contribution in [2.24, 2.45) is 17.8 Å². The summed E-state index contributed by atoms with van der Waals surface area (Å²) in [6, 6.07) is 0.137. The zero-order valence-corrected chi connectivity index (χ0v) is 13.2. The maximum atomic E-state index is 12.5. The van der Waals surface area contributed by atoms with Gasteiger partial charge in [0, 0.05) is 19.1 Å². The van der Waals surface area contributed by atoms with Crippen molar-refractivity contribution >= 4 is 10.2 Å². The smallest absolute Gasteiger partial charge is 0.279 e. The number of piperidine rings is 1. The highest BCUT2D eigenvalue weighted by Gasteiger charge is 2.36. The van der Waals surface area contributed by atoms with E-state index in [9.17, 15) is 8.42 Å². The first-order chi connectivity index (χ1) is 9.54. The first kappa shape index (κ1) is 14.8. The van der Waals surface area contributed by atoms with Crippen molar-refractivity contribution in [3.63, 3.8) is 0 Å². The van der Waals surface area contributed by atoms with Gasteiger partial charge in [-0.1, -0.05) is 6.92 Å². The Morgan fingerprint density at radius 2 is 1.95 bits per heavy atom. The second-order valence-electron chi connectivity index (χ2n) is 6.92. The molecule has 2 N–H and O–H groups in total. The molecule has 3 fully saturated rings. The average molecular weight is 301 g/mol. The van der Waals surface area contributed by atoms with Crippen molar-refractivity contribution in [1.82, 2.24) is 14.3 Å². The van der Waals surface area contributed by atoms with Crippen molar-refractivity contribution in [2.75, 3.05) is 26.2 Å². The summed E-state index contributed by atoms with van der Waals surface area (Å²) >= 11 is 0. The summed E-state index contributed by atoms with van der Waals surface area (Å²) in [5.41, 5.74) is 0. The van der Waals surface area contributed by atoms with E-state index in [0.717, 1.165) is 51.1 Å². The van der Waals surface area contributed by atoms with E-state index in [1.54, 1.807) is 4.31 Å². The Morgan fingerprint density at radius 3 is 2.75 bits per heavy atom. The molecule has 0 aromatic carbocycles. The number of nitrogens with zero attached hydrogens (tertiary/aromatic N) is 1. The predicted molar refractivity (Wildman–Crippen MR) is 79.5 cm³/mol. The molecule has 0 aromatic rings. The molecule has 116 valence electrons.